The fourth-order valence-electron chi connectivity index (χ4n) is 2.06. The van der Waals surface area contributed by atoms with Crippen molar-refractivity contribution >= 4 is 17.3 Å². The average molecular weight is 316 g/mol. The van der Waals surface area contributed by atoms with E-state index in [1.54, 1.807) is 6.92 Å². The second-order valence-corrected chi connectivity index (χ2v) is 5.71. The Morgan fingerprint density at radius 2 is 1.78 bits per heavy atom. The molecule has 0 aliphatic carbocycles. The van der Waals surface area contributed by atoms with Crippen LogP contribution in [0.3, 0.4) is 0 Å². The summed E-state index contributed by atoms with van der Waals surface area (Å²) in [5.74, 6) is 0.0323. The van der Waals surface area contributed by atoms with E-state index in [-0.39, 0.29) is 5.69 Å². The fraction of sp³-hybridized carbons (Fsp3) is 0.278. The summed E-state index contributed by atoms with van der Waals surface area (Å²) < 4.78 is 19.2. The summed E-state index contributed by atoms with van der Waals surface area (Å²) in [7, 11) is 0. The predicted molar refractivity (Wildman–Crippen MR) is 90.1 cm³/mol. The molecule has 0 radical (unpaired) electrons. The second kappa shape index (κ2) is 7.13. The first-order valence-corrected chi connectivity index (χ1v) is 7.49. The lowest BCUT2D eigenvalue weighted by Gasteiger charge is -2.16. The van der Waals surface area contributed by atoms with Gasteiger partial charge in [0, 0.05) is 5.69 Å². The Morgan fingerprint density at radius 3 is 2.39 bits per heavy atom. The number of anilines is 2. The molecule has 5 heteroatoms. The van der Waals surface area contributed by atoms with Crippen LogP contribution in [0.25, 0.3) is 0 Å². The Bertz CT molecular complexity index is 684. The van der Waals surface area contributed by atoms with E-state index in [0.29, 0.717) is 17.4 Å². The van der Waals surface area contributed by atoms with E-state index in [1.807, 2.05) is 24.3 Å². The molecule has 2 aromatic carbocycles. The van der Waals surface area contributed by atoms with Gasteiger partial charge in [-0.2, -0.15) is 0 Å². The van der Waals surface area contributed by atoms with Gasteiger partial charge in [-0.15, -0.1) is 0 Å². The van der Waals surface area contributed by atoms with Crippen molar-refractivity contribution in [1.29, 1.82) is 0 Å². The van der Waals surface area contributed by atoms with E-state index in [1.165, 1.54) is 23.8 Å². The molecule has 0 aliphatic heterocycles. The molecule has 4 nitrogen and oxygen atoms in total. The van der Waals surface area contributed by atoms with Gasteiger partial charge >= 0.3 is 0 Å². The highest BCUT2D eigenvalue weighted by molar-refractivity contribution is 5.94. The van der Waals surface area contributed by atoms with Gasteiger partial charge in [0.15, 0.2) is 6.10 Å². The van der Waals surface area contributed by atoms with E-state index in [2.05, 4.69) is 19.2 Å². The first-order chi connectivity index (χ1) is 10.9. The maximum Gasteiger partial charge on any atom is 0.265 e. The first kappa shape index (κ1) is 16.8. The number of ether oxygens (including phenoxy) is 1. The molecule has 1 amide bonds. The van der Waals surface area contributed by atoms with Gasteiger partial charge in [0.05, 0.1) is 5.69 Å². The molecule has 0 fully saturated rings. The van der Waals surface area contributed by atoms with Crippen molar-refractivity contribution < 1.29 is 13.9 Å². The van der Waals surface area contributed by atoms with E-state index >= 15 is 0 Å². The Labute approximate surface area is 135 Å². The van der Waals surface area contributed by atoms with E-state index in [0.717, 1.165) is 0 Å². The van der Waals surface area contributed by atoms with Gasteiger partial charge in [-0.3, -0.25) is 4.79 Å². The molecular weight excluding hydrogens is 295 g/mol. The van der Waals surface area contributed by atoms with Gasteiger partial charge in [0.25, 0.3) is 5.91 Å². The standard InChI is InChI=1S/C18H21FN2O2/c1-11(2)13-4-7-15(8-5-13)23-12(3)18(22)21-17-10-14(20)6-9-16(17)19/h4-12H,20H2,1-3H3,(H,21,22)/t12-/m1/s1. The number of hydrogen-bond donors (Lipinski definition) is 2. The van der Waals surface area contributed by atoms with Gasteiger partial charge in [0.1, 0.15) is 11.6 Å². The number of hydrogen-bond acceptors (Lipinski definition) is 3. The molecule has 2 rings (SSSR count). The summed E-state index contributed by atoms with van der Waals surface area (Å²) >= 11 is 0. The third-order valence-corrected chi connectivity index (χ3v) is 3.48. The topological polar surface area (TPSA) is 64.3 Å². The number of nitrogen functional groups attached to an aromatic ring is 1. The average Bonchev–Trinajstić information content (AvgIpc) is 2.51. The van der Waals surface area contributed by atoms with E-state index in [4.69, 9.17) is 10.5 Å². The monoisotopic (exact) mass is 316 g/mol. The zero-order chi connectivity index (χ0) is 17.0. The number of benzene rings is 2. The van der Waals surface area contributed by atoms with Crippen LogP contribution in [0.5, 0.6) is 5.75 Å². The number of nitrogens with one attached hydrogen (secondary N) is 1. The number of nitrogens with two attached hydrogens (primary N) is 1. The molecule has 0 bridgehead atoms. The third kappa shape index (κ3) is 4.45. The molecule has 0 spiro atoms. The van der Waals surface area contributed by atoms with Crippen LogP contribution in [0.1, 0.15) is 32.3 Å². The number of rotatable bonds is 5. The summed E-state index contributed by atoms with van der Waals surface area (Å²) in [5, 5.41) is 2.48. The minimum Gasteiger partial charge on any atom is -0.481 e. The van der Waals surface area contributed by atoms with Crippen LogP contribution in [-0.2, 0) is 4.79 Å². The molecule has 23 heavy (non-hydrogen) atoms. The molecule has 2 aromatic rings. The van der Waals surface area contributed by atoms with E-state index < -0.39 is 17.8 Å². The normalized spacial score (nSPS) is 12.0. The largest absolute Gasteiger partial charge is 0.481 e. The zero-order valence-corrected chi connectivity index (χ0v) is 13.5. The fourth-order valence-corrected chi connectivity index (χ4v) is 2.06. The third-order valence-electron chi connectivity index (χ3n) is 3.48. The Morgan fingerprint density at radius 1 is 1.13 bits per heavy atom. The van der Waals surface area contributed by atoms with Crippen LogP contribution in [0, 0.1) is 5.82 Å². The van der Waals surface area contributed by atoms with Crippen molar-refractivity contribution in [2.24, 2.45) is 0 Å². The highest BCUT2D eigenvalue weighted by Gasteiger charge is 2.16. The molecule has 0 aromatic heterocycles. The lowest BCUT2D eigenvalue weighted by molar-refractivity contribution is -0.122. The number of carbonyl (C=O) groups excluding carboxylic acids is 1. The first-order valence-electron chi connectivity index (χ1n) is 7.49. The van der Waals surface area contributed by atoms with E-state index in [9.17, 15) is 9.18 Å². The highest BCUT2D eigenvalue weighted by atomic mass is 19.1. The Kier molecular flexibility index (Phi) is 5.21. The van der Waals surface area contributed by atoms with Crippen molar-refractivity contribution in [2.45, 2.75) is 32.8 Å². The van der Waals surface area contributed by atoms with Gasteiger partial charge in [-0.05, 0) is 48.7 Å². The zero-order valence-electron chi connectivity index (χ0n) is 13.5. The molecule has 0 aliphatic rings. The SMILES string of the molecule is CC(C)c1ccc(O[C@H](C)C(=O)Nc2cc(N)ccc2F)cc1. The van der Waals surface area contributed by atoms with Gasteiger partial charge in [-0.25, -0.2) is 4.39 Å². The van der Waals surface area contributed by atoms with Gasteiger partial charge in [-0.1, -0.05) is 26.0 Å². The Balaban J connectivity index is 2.01. The van der Waals surface area contributed by atoms with Crippen molar-refractivity contribution in [2.75, 3.05) is 11.1 Å². The molecule has 122 valence electrons. The maximum absolute atomic E-state index is 13.6. The number of halogens is 1. The summed E-state index contributed by atoms with van der Waals surface area (Å²) in [6.45, 7) is 5.81. The van der Waals surface area contributed by atoms with Crippen LogP contribution in [-0.4, -0.2) is 12.0 Å². The van der Waals surface area contributed by atoms with Crippen molar-refractivity contribution in [1.82, 2.24) is 0 Å². The van der Waals surface area contributed by atoms with Gasteiger partial charge in [0.2, 0.25) is 0 Å². The summed E-state index contributed by atoms with van der Waals surface area (Å²) in [6, 6.07) is 11.6. The predicted octanol–water partition coefficient (Wildman–Crippen LogP) is 3.94. The van der Waals surface area contributed by atoms with Crippen molar-refractivity contribution in [3.63, 3.8) is 0 Å². The number of amides is 1. The van der Waals surface area contributed by atoms with Crippen LogP contribution >= 0.6 is 0 Å². The van der Waals surface area contributed by atoms with Crippen LogP contribution in [0.2, 0.25) is 0 Å². The molecular formula is C18H21FN2O2. The molecule has 0 heterocycles. The Hall–Kier alpha value is -2.56. The van der Waals surface area contributed by atoms with Crippen LogP contribution in [0.15, 0.2) is 42.5 Å². The second-order valence-electron chi connectivity index (χ2n) is 5.71. The summed E-state index contributed by atoms with van der Waals surface area (Å²) in [4.78, 5) is 12.1. The number of carbonyl (C=O) groups is 1. The van der Waals surface area contributed by atoms with Gasteiger partial charge < -0.3 is 15.8 Å². The minimum absolute atomic E-state index is 0.0422. The quantitative estimate of drug-likeness (QED) is 0.821. The lowest BCUT2D eigenvalue weighted by Crippen LogP contribution is -2.30. The highest BCUT2D eigenvalue weighted by Crippen LogP contribution is 2.21. The minimum atomic E-state index is -0.763. The lowest BCUT2D eigenvalue weighted by atomic mass is 10.0. The summed E-state index contributed by atoms with van der Waals surface area (Å²) in [5.41, 5.74) is 7.20. The molecule has 0 unspecified atom stereocenters. The molecule has 3 N–H and O–H groups in total. The summed E-state index contributed by atoms with van der Waals surface area (Å²) in [6.07, 6.45) is -0.763. The molecule has 1 atom stereocenters. The molecule has 0 saturated heterocycles. The molecule has 0 saturated carbocycles. The van der Waals surface area contributed by atoms with Crippen LogP contribution in [0.4, 0.5) is 15.8 Å². The van der Waals surface area contributed by atoms with Crippen LogP contribution < -0.4 is 15.8 Å². The smallest absolute Gasteiger partial charge is 0.265 e. The van der Waals surface area contributed by atoms with Crippen molar-refractivity contribution in [3.8, 4) is 5.75 Å². The maximum atomic E-state index is 13.6. The van der Waals surface area contributed by atoms with Crippen molar-refractivity contribution in [3.05, 3.63) is 53.8 Å².